The third-order valence-electron chi connectivity index (χ3n) is 5.48. The minimum Gasteiger partial charge on any atom is -0.408 e. The van der Waals surface area contributed by atoms with Crippen molar-refractivity contribution in [3.8, 4) is 0 Å². The van der Waals surface area contributed by atoms with Crippen molar-refractivity contribution >= 4 is 45.8 Å². The lowest BCUT2D eigenvalue weighted by atomic mass is 10.2. The normalized spacial score (nSPS) is 10.8. The molecule has 0 atom stereocenters. The predicted molar refractivity (Wildman–Crippen MR) is 140 cm³/mol. The third-order valence-corrected chi connectivity index (χ3v) is 5.48. The molecule has 0 spiro atoms. The molecule has 3 N–H and O–H groups in total. The Morgan fingerprint density at radius 3 is 2.31 bits per heavy atom. The van der Waals surface area contributed by atoms with Crippen molar-refractivity contribution in [3.63, 3.8) is 0 Å². The van der Waals surface area contributed by atoms with Gasteiger partial charge in [-0.2, -0.15) is 4.98 Å². The van der Waals surface area contributed by atoms with Gasteiger partial charge in [0, 0.05) is 28.8 Å². The van der Waals surface area contributed by atoms with Crippen molar-refractivity contribution in [2.24, 2.45) is 0 Å². The average Bonchev–Trinajstić information content (AvgIpc) is 3.16. The second-order valence-electron chi connectivity index (χ2n) is 8.38. The molecular weight excluding hydrogens is 456 g/mol. The monoisotopic (exact) mass is 480 g/mol. The summed E-state index contributed by atoms with van der Waals surface area (Å²) in [6, 6.07) is 24.1. The van der Waals surface area contributed by atoms with Crippen LogP contribution >= 0.6 is 0 Å². The van der Waals surface area contributed by atoms with Gasteiger partial charge in [-0.05, 0) is 62.4 Å². The van der Waals surface area contributed by atoms with E-state index in [4.69, 9.17) is 4.42 Å². The Labute approximate surface area is 206 Å². The molecule has 0 saturated heterocycles. The van der Waals surface area contributed by atoms with Crippen LogP contribution in [0.3, 0.4) is 0 Å². The van der Waals surface area contributed by atoms with Crippen LogP contribution in [0.25, 0.3) is 11.1 Å². The lowest BCUT2D eigenvalue weighted by Crippen LogP contribution is -2.24. The summed E-state index contributed by atoms with van der Waals surface area (Å²) in [5, 5.41) is 9.29. The van der Waals surface area contributed by atoms with Gasteiger partial charge >= 0.3 is 5.76 Å². The van der Waals surface area contributed by atoms with Crippen LogP contribution in [0, 0.1) is 13.8 Å². The number of hydrogen-bond donors (Lipinski definition) is 3. The summed E-state index contributed by atoms with van der Waals surface area (Å²) in [5.74, 6) is 0.234. The molecule has 0 aliphatic carbocycles. The molecule has 36 heavy (non-hydrogen) atoms. The van der Waals surface area contributed by atoms with Crippen LogP contribution in [0.2, 0.25) is 0 Å². The molecule has 0 aliphatic rings. The van der Waals surface area contributed by atoms with Gasteiger partial charge in [0.15, 0.2) is 5.58 Å². The van der Waals surface area contributed by atoms with Crippen LogP contribution in [-0.4, -0.2) is 20.4 Å². The molecule has 0 bridgehead atoms. The topological polar surface area (TPSA) is 114 Å². The standard InChI is InChI=1S/C27H24N6O3/c1-17-7-9-21(10-8-17)31-26-28-18(2)15-24(32-26)29-19-11-13-20(14-12-19)30-25(34)16-33-22-5-3-4-6-23(22)36-27(33)35/h3-15H,16H2,1-2H3,(H,30,34)(H2,28,29,31,32). The largest absolute Gasteiger partial charge is 0.420 e. The molecule has 0 unspecified atom stereocenters. The Morgan fingerprint density at radius 2 is 1.53 bits per heavy atom. The number of benzene rings is 3. The van der Waals surface area contributed by atoms with E-state index < -0.39 is 5.76 Å². The lowest BCUT2D eigenvalue weighted by molar-refractivity contribution is -0.116. The number of carbonyl (C=O) groups is 1. The fourth-order valence-electron chi connectivity index (χ4n) is 3.75. The van der Waals surface area contributed by atoms with Gasteiger partial charge in [-0.3, -0.25) is 9.36 Å². The zero-order chi connectivity index (χ0) is 25.1. The average molecular weight is 481 g/mol. The quantitative estimate of drug-likeness (QED) is 0.296. The molecule has 5 aromatic rings. The van der Waals surface area contributed by atoms with E-state index in [0.717, 1.165) is 17.1 Å². The second kappa shape index (κ2) is 9.75. The first-order valence-electron chi connectivity index (χ1n) is 11.4. The van der Waals surface area contributed by atoms with Crippen molar-refractivity contribution in [2.75, 3.05) is 16.0 Å². The van der Waals surface area contributed by atoms with Gasteiger partial charge in [0.1, 0.15) is 12.4 Å². The second-order valence-corrected chi connectivity index (χ2v) is 8.38. The van der Waals surface area contributed by atoms with Crippen molar-refractivity contribution in [1.29, 1.82) is 0 Å². The predicted octanol–water partition coefficient (Wildman–Crippen LogP) is 5.13. The first-order valence-corrected chi connectivity index (χ1v) is 11.4. The number of para-hydroxylation sites is 2. The molecule has 2 heterocycles. The maximum Gasteiger partial charge on any atom is 0.420 e. The van der Waals surface area contributed by atoms with Crippen molar-refractivity contribution in [3.05, 3.63) is 101 Å². The van der Waals surface area contributed by atoms with Gasteiger partial charge in [-0.25, -0.2) is 9.78 Å². The number of nitrogens with zero attached hydrogens (tertiary/aromatic N) is 3. The van der Waals surface area contributed by atoms with Crippen molar-refractivity contribution in [2.45, 2.75) is 20.4 Å². The van der Waals surface area contributed by atoms with E-state index in [-0.39, 0.29) is 12.5 Å². The maximum atomic E-state index is 12.5. The highest BCUT2D eigenvalue weighted by molar-refractivity contribution is 5.91. The zero-order valence-electron chi connectivity index (χ0n) is 19.8. The molecule has 0 aliphatic heterocycles. The third kappa shape index (κ3) is 5.25. The van der Waals surface area contributed by atoms with Gasteiger partial charge in [0.2, 0.25) is 11.9 Å². The molecule has 0 radical (unpaired) electrons. The van der Waals surface area contributed by atoms with Crippen LogP contribution < -0.4 is 21.7 Å². The molecule has 5 rings (SSSR count). The fraction of sp³-hybridized carbons (Fsp3) is 0.111. The van der Waals surface area contributed by atoms with Crippen LogP contribution in [-0.2, 0) is 11.3 Å². The first kappa shape index (κ1) is 22.9. The summed E-state index contributed by atoms with van der Waals surface area (Å²) >= 11 is 0. The first-order chi connectivity index (χ1) is 17.4. The molecule has 1 amide bonds. The molecule has 9 nitrogen and oxygen atoms in total. The van der Waals surface area contributed by atoms with Crippen LogP contribution in [0.1, 0.15) is 11.3 Å². The minimum absolute atomic E-state index is 0.146. The lowest BCUT2D eigenvalue weighted by Gasteiger charge is -2.11. The Morgan fingerprint density at radius 1 is 0.861 bits per heavy atom. The highest BCUT2D eigenvalue weighted by Crippen LogP contribution is 2.21. The number of aromatic nitrogens is 3. The summed E-state index contributed by atoms with van der Waals surface area (Å²) < 4.78 is 6.49. The summed E-state index contributed by atoms with van der Waals surface area (Å²) in [6.07, 6.45) is 0. The molecule has 2 aromatic heterocycles. The summed E-state index contributed by atoms with van der Waals surface area (Å²) in [4.78, 5) is 33.6. The Balaban J connectivity index is 1.24. The van der Waals surface area contributed by atoms with Crippen LogP contribution in [0.15, 0.2) is 88.1 Å². The van der Waals surface area contributed by atoms with Crippen molar-refractivity contribution < 1.29 is 9.21 Å². The Bertz CT molecular complexity index is 1590. The Hall–Kier alpha value is -4.92. The van der Waals surface area contributed by atoms with Gasteiger partial charge in [-0.15, -0.1) is 0 Å². The minimum atomic E-state index is -0.567. The van der Waals surface area contributed by atoms with Crippen LogP contribution in [0.5, 0.6) is 0 Å². The number of rotatable bonds is 7. The maximum absolute atomic E-state index is 12.5. The van der Waals surface area contributed by atoms with E-state index in [1.54, 1.807) is 36.4 Å². The van der Waals surface area contributed by atoms with E-state index >= 15 is 0 Å². The summed E-state index contributed by atoms with van der Waals surface area (Å²) in [6.45, 7) is 3.79. The molecule has 0 fully saturated rings. The molecule has 3 aromatic carbocycles. The number of oxazole rings is 1. The highest BCUT2D eigenvalue weighted by Gasteiger charge is 2.12. The number of aryl methyl sites for hydroxylation is 2. The van der Waals surface area contributed by atoms with E-state index in [9.17, 15) is 9.59 Å². The summed E-state index contributed by atoms with van der Waals surface area (Å²) in [7, 11) is 0. The SMILES string of the molecule is Cc1ccc(Nc2nc(C)cc(Nc3ccc(NC(=O)Cn4c(=O)oc5ccccc54)cc3)n2)cc1. The zero-order valence-corrected chi connectivity index (χ0v) is 19.8. The van der Waals surface area contributed by atoms with E-state index in [2.05, 4.69) is 25.9 Å². The van der Waals surface area contributed by atoms with E-state index in [1.807, 2.05) is 56.3 Å². The highest BCUT2D eigenvalue weighted by atomic mass is 16.4. The molecule has 180 valence electrons. The molecule has 0 saturated carbocycles. The number of carbonyl (C=O) groups excluding carboxylic acids is 1. The number of nitrogens with one attached hydrogen (secondary N) is 3. The number of anilines is 5. The van der Waals surface area contributed by atoms with E-state index in [1.165, 1.54) is 10.1 Å². The Kier molecular flexibility index (Phi) is 6.19. The molecule has 9 heteroatoms. The molecular formula is C27H24N6O3. The van der Waals surface area contributed by atoms with Crippen LogP contribution in [0.4, 0.5) is 28.8 Å². The summed E-state index contributed by atoms with van der Waals surface area (Å²) in [5.41, 5.74) is 5.32. The van der Waals surface area contributed by atoms with Gasteiger partial charge < -0.3 is 20.4 Å². The number of fused-ring (bicyclic) bond motifs is 1. The smallest absolute Gasteiger partial charge is 0.408 e. The van der Waals surface area contributed by atoms with Crippen molar-refractivity contribution in [1.82, 2.24) is 14.5 Å². The number of amides is 1. The fourth-order valence-corrected chi connectivity index (χ4v) is 3.75. The van der Waals surface area contributed by atoms with Gasteiger partial charge in [0.05, 0.1) is 5.52 Å². The van der Waals surface area contributed by atoms with E-state index in [0.29, 0.717) is 28.6 Å². The number of hydrogen-bond acceptors (Lipinski definition) is 7. The van der Waals surface area contributed by atoms with Gasteiger partial charge in [-0.1, -0.05) is 29.8 Å². The van der Waals surface area contributed by atoms with Gasteiger partial charge in [0.25, 0.3) is 0 Å².